The van der Waals surface area contributed by atoms with Gasteiger partial charge in [0.25, 0.3) is 0 Å². The van der Waals surface area contributed by atoms with E-state index in [0.29, 0.717) is 17.5 Å². The first-order valence-corrected chi connectivity index (χ1v) is 5.29. The molecule has 0 aromatic heterocycles. The Hall–Kier alpha value is -0.240. The van der Waals surface area contributed by atoms with Gasteiger partial charge in [0.15, 0.2) is 5.78 Å². The summed E-state index contributed by atoms with van der Waals surface area (Å²) in [6, 6.07) is 6.81. The summed E-state index contributed by atoms with van der Waals surface area (Å²) in [5.74, 6) is -0.0214. The van der Waals surface area contributed by atoms with E-state index in [2.05, 4.69) is 0 Å². The van der Waals surface area contributed by atoms with Crippen LogP contribution >= 0.6 is 34.8 Å². The molecule has 0 atom stereocenters. The Bertz CT molecular complexity index is 341. The molecule has 0 bridgehead atoms. The van der Waals surface area contributed by atoms with Crippen molar-refractivity contribution >= 4 is 40.6 Å². The van der Waals surface area contributed by atoms with Gasteiger partial charge in [-0.1, -0.05) is 66.0 Å². The van der Waals surface area contributed by atoms with Gasteiger partial charge >= 0.3 is 0 Å². The van der Waals surface area contributed by atoms with E-state index in [1.54, 1.807) is 31.2 Å². The lowest BCUT2D eigenvalue weighted by Crippen LogP contribution is -2.09. The zero-order valence-corrected chi connectivity index (χ0v) is 9.83. The van der Waals surface area contributed by atoms with Crippen molar-refractivity contribution in [2.24, 2.45) is 0 Å². The number of carbonyl (C=O) groups is 1. The lowest BCUT2D eigenvalue weighted by atomic mass is 10.0. The maximum Gasteiger partial charge on any atom is 0.216 e. The molecule has 0 aliphatic carbocycles. The van der Waals surface area contributed by atoms with E-state index in [4.69, 9.17) is 34.8 Å². The molecule has 0 N–H and O–H groups in total. The Balaban J connectivity index is 3.23. The maximum absolute atomic E-state index is 11.5. The van der Waals surface area contributed by atoms with Crippen LogP contribution in [0.1, 0.15) is 29.3 Å². The summed E-state index contributed by atoms with van der Waals surface area (Å²) in [6.45, 7) is 1.78. The molecule has 0 saturated heterocycles. The van der Waals surface area contributed by atoms with E-state index >= 15 is 0 Å². The van der Waals surface area contributed by atoms with Crippen LogP contribution in [-0.4, -0.2) is 5.78 Å². The molecule has 0 radical (unpaired) electrons. The number of hydrogen-bond acceptors (Lipinski definition) is 1. The quantitative estimate of drug-likeness (QED) is 0.571. The first-order chi connectivity index (χ1) is 6.46. The van der Waals surface area contributed by atoms with Crippen LogP contribution in [0.25, 0.3) is 0 Å². The first kappa shape index (κ1) is 11.8. The molecular weight excluding hydrogens is 242 g/mol. The van der Waals surface area contributed by atoms with Crippen molar-refractivity contribution in [2.45, 2.75) is 17.1 Å². The monoisotopic (exact) mass is 250 g/mol. The molecule has 14 heavy (non-hydrogen) atoms. The number of rotatable bonds is 2. The number of ketones is 1. The molecule has 0 aliphatic rings. The second-order valence-corrected chi connectivity index (χ2v) is 5.10. The minimum atomic E-state index is -1.54. The second kappa shape index (κ2) is 4.52. The summed E-state index contributed by atoms with van der Waals surface area (Å²) in [4.78, 5) is 11.5. The van der Waals surface area contributed by atoms with Crippen molar-refractivity contribution in [3.8, 4) is 0 Å². The van der Waals surface area contributed by atoms with Crippen LogP contribution in [0, 0.1) is 0 Å². The van der Waals surface area contributed by atoms with Crippen molar-refractivity contribution in [1.29, 1.82) is 0 Å². The van der Waals surface area contributed by atoms with Gasteiger partial charge in [-0.05, 0) is 0 Å². The molecule has 1 aromatic carbocycles. The fourth-order valence-electron chi connectivity index (χ4n) is 1.16. The highest BCUT2D eigenvalue weighted by molar-refractivity contribution is 6.67. The molecule has 4 heteroatoms. The third-order valence-corrected chi connectivity index (χ3v) is 2.46. The number of hydrogen-bond donors (Lipinski definition) is 0. The lowest BCUT2D eigenvalue weighted by molar-refractivity contribution is 0.0987. The SMILES string of the molecule is CCC(=O)c1ccccc1C(Cl)(Cl)Cl. The third-order valence-electron chi connectivity index (χ3n) is 1.85. The van der Waals surface area contributed by atoms with Crippen LogP contribution in [0.4, 0.5) is 0 Å². The Morgan fingerprint density at radius 2 is 1.86 bits per heavy atom. The minimum Gasteiger partial charge on any atom is -0.294 e. The fraction of sp³-hybridized carbons (Fsp3) is 0.300. The van der Waals surface area contributed by atoms with E-state index in [1.165, 1.54) is 0 Å². The molecule has 0 amide bonds. The minimum absolute atomic E-state index is 0.0214. The zero-order valence-electron chi connectivity index (χ0n) is 7.56. The molecular formula is C10H9Cl3O. The summed E-state index contributed by atoms with van der Waals surface area (Å²) in [6.07, 6.45) is 0.401. The highest BCUT2D eigenvalue weighted by Crippen LogP contribution is 2.40. The number of benzene rings is 1. The van der Waals surface area contributed by atoms with Crippen LogP contribution in [-0.2, 0) is 3.79 Å². The van der Waals surface area contributed by atoms with Gasteiger partial charge in [0.2, 0.25) is 3.79 Å². The predicted octanol–water partition coefficient (Wildman–Crippen LogP) is 4.11. The molecule has 0 saturated carbocycles. The van der Waals surface area contributed by atoms with Gasteiger partial charge < -0.3 is 0 Å². The number of halogens is 3. The Morgan fingerprint density at radius 3 is 2.36 bits per heavy atom. The lowest BCUT2D eigenvalue weighted by Gasteiger charge is -2.14. The highest BCUT2D eigenvalue weighted by Gasteiger charge is 2.27. The fourth-order valence-corrected chi connectivity index (χ4v) is 1.66. The van der Waals surface area contributed by atoms with E-state index < -0.39 is 3.79 Å². The Labute approximate surface area is 98.0 Å². The highest BCUT2D eigenvalue weighted by atomic mass is 35.6. The van der Waals surface area contributed by atoms with Crippen LogP contribution in [0.15, 0.2) is 24.3 Å². The molecule has 0 unspecified atom stereocenters. The van der Waals surface area contributed by atoms with Crippen molar-refractivity contribution in [3.63, 3.8) is 0 Å². The molecule has 0 spiro atoms. The summed E-state index contributed by atoms with van der Waals surface area (Å²) in [7, 11) is 0. The molecule has 0 fully saturated rings. The zero-order chi connectivity index (χ0) is 10.8. The van der Waals surface area contributed by atoms with Gasteiger partial charge in [-0.15, -0.1) is 0 Å². The molecule has 0 heterocycles. The molecule has 1 rings (SSSR count). The second-order valence-electron chi connectivity index (χ2n) is 2.82. The van der Waals surface area contributed by atoms with Crippen LogP contribution in [0.5, 0.6) is 0 Å². The summed E-state index contributed by atoms with van der Waals surface area (Å²) < 4.78 is -1.54. The maximum atomic E-state index is 11.5. The molecule has 1 aromatic rings. The van der Waals surface area contributed by atoms with Gasteiger partial charge in [-0.25, -0.2) is 0 Å². The van der Waals surface area contributed by atoms with E-state index in [0.717, 1.165) is 0 Å². The number of alkyl halides is 3. The normalized spacial score (nSPS) is 11.4. The van der Waals surface area contributed by atoms with E-state index in [1.807, 2.05) is 0 Å². The van der Waals surface area contributed by atoms with Crippen LogP contribution in [0.3, 0.4) is 0 Å². The van der Waals surface area contributed by atoms with Crippen LogP contribution in [0.2, 0.25) is 0 Å². The summed E-state index contributed by atoms with van der Waals surface area (Å²) in [5.41, 5.74) is 0.923. The van der Waals surface area contributed by atoms with Crippen LogP contribution < -0.4 is 0 Å². The number of Topliss-reactive ketones (excluding diaryl/α,β-unsaturated/α-hetero) is 1. The van der Waals surface area contributed by atoms with Gasteiger partial charge in [0.1, 0.15) is 0 Å². The van der Waals surface area contributed by atoms with Gasteiger partial charge in [-0.2, -0.15) is 0 Å². The van der Waals surface area contributed by atoms with E-state index in [-0.39, 0.29) is 5.78 Å². The predicted molar refractivity (Wildman–Crippen MR) is 60.3 cm³/mol. The summed E-state index contributed by atoms with van der Waals surface area (Å²) >= 11 is 17.2. The average Bonchev–Trinajstić information content (AvgIpc) is 2.15. The van der Waals surface area contributed by atoms with Crippen molar-refractivity contribution < 1.29 is 4.79 Å². The largest absolute Gasteiger partial charge is 0.294 e. The molecule has 76 valence electrons. The molecule has 1 nitrogen and oxygen atoms in total. The van der Waals surface area contributed by atoms with Gasteiger partial charge in [0, 0.05) is 17.5 Å². The third kappa shape index (κ3) is 2.63. The molecule has 0 aliphatic heterocycles. The van der Waals surface area contributed by atoms with E-state index in [9.17, 15) is 4.79 Å². The van der Waals surface area contributed by atoms with Crippen molar-refractivity contribution in [2.75, 3.05) is 0 Å². The standard InChI is InChI=1S/C10H9Cl3O/c1-2-9(14)7-5-3-4-6-8(7)10(11,12)13/h3-6H,2H2,1H3. The van der Waals surface area contributed by atoms with Crippen molar-refractivity contribution in [3.05, 3.63) is 35.4 Å². The smallest absolute Gasteiger partial charge is 0.216 e. The topological polar surface area (TPSA) is 17.1 Å². The first-order valence-electron chi connectivity index (χ1n) is 4.16. The number of carbonyl (C=O) groups excluding carboxylic acids is 1. The average molecular weight is 252 g/mol. The summed E-state index contributed by atoms with van der Waals surface area (Å²) in [5, 5.41) is 0. The van der Waals surface area contributed by atoms with Gasteiger partial charge in [0.05, 0.1) is 0 Å². The van der Waals surface area contributed by atoms with Crippen molar-refractivity contribution in [1.82, 2.24) is 0 Å². The van der Waals surface area contributed by atoms with Gasteiger partial charge in [-0.3, -0.25) is 4.79 Å². The Kier molecular flexibility index (Phi) is 3.82. The Morgan fingerprint density at radius 1 is 1.29 bits per heavy atom.